The smallest absolute Gasteiger partial charge is 0.139 e. The van der Waals surface area contributed by atoms with E-state index in [1.807, 2.05) is 18.4 Å². The van der Waals surface area contributed by atoms with E-state index in [2.05, 4.69) is 4.98 Å². The molecule has 1 aromatic heterocycles. The number of nitrogens with zero attached hydrogens (tertiary/aromatic N) is 2. The van der Waals surface area contributed by atoms with Gasteiger partial charge in [0.15, 0.2) is 0 Å². The van der Waals surface area contributed by atoms with Crippen LogP contribution in [0.5, 0.6) is 0 Å². The summed E-state index contributed by atoms with van der Waals surface area (Å²) in [6, 6.07) is 6.42. The van der Waals surface area contributed by atoms with Gasteiger partial charge in [-0.1, -0.05) is 12.1 Å². The Kier molecular flexibility index (Phi) is 3.91. The van der Waals surface area contributed by atoms with Crippen molar-refractivity contribution in [3.8, 4) is 0 Å². The molecular weight excluding hydrogens is 251 g/mol. The lowest BCUT2D eigenvalue weighted by molar-refractivity contribution is 0.579. The van der Waals surface area contributed by atoms with Gasteiger partial charge in [-0.05, 0) is 26.0 Å². The van der Waals surface area contributed by atoms with Crippen molar-refractivity contribution in [2.45, 2.75) is 30.5 Å². The maximum Gasteiger partial charge on any atom is 0.139 e. The Morgan fingerprint density at radius 1 is 1.39 bits per heavy atom. The van der Waals surface area contributed by atoms with Gasteiger partial charge in [0.05, 0.1) is 33.5 Å². The number of imidazole rings is 1. The second kappa shape index (κ2) is 5.44. The van der Waals surface area contributed by atoms with Crippen molar-refractivity contribution in [3.63, 3.8) is 0 Å². The van der Waals surface area contributed by atoms with Crippen LogP contribution in [0.15, 0.2) is 41.7 Å². The first-order chi connectivity index (χ1) is 8.59. The van der Waals surface area contributed by atoms with Crippen molar-refractivity contribution in [3.05, 3.63) is 48.3 Å². The summed E-state index contributed by atoms with van der Waals surface area (Å²) in [5, 5.41) is 0. The third-order valence-corrected chi connectivity index (χ3v) is 4.04. The Morgan fingerprint density at radius 2 is 2.11 bits per heavy atom. The van der Waals surface area contributed by atoms with Crippen LogP contribution < -0.4 is 0 Å². The summed E-state index contributed by atoms with van der Waals surface area (Å²) in [5.41, 5.74) is 0.853. The lowest BCUT2D eigenvalue weighted by Gasteiger charge is -2.11. The maximum atomic E-state index is 13.5. The lowest BCUT2D eigenvalue weighted by Crippen LogP contribution is -2.07. The fourth-order valence-electron chi connectivity index (χ4n) is 1.75. The van der Waals surface area contributed by atoms with Crippen LogP contribution in [0.2, 0.25) is 0 Å². The van der Waals surface area contributed by atoms with Crippen molar-refractivity contribution < 1.29 is 8.60 Å². The number of hydrogen-bond donors (Lipinski definition) is 0. The first-order valence-corrected chi connectivity index (χ1v) is 7.05. The van der Waals surface area contributed by atoms with Gasteiger partial charge in [-0.2, -0.15) is 0 Å². The minimum absolute atomic E-state index is 0.244. The Morgan fingerprint density at radius 3 is 2.78 bits per heavy atom. The minimum Gasteiger partial charge on any atom is -0.331 e. The van der Waals surface area contributed by atoms with Crippen molar-refractivity contribution in [2.75, 3.05) is 0 Å². The van der Waals surface area contributed by atoms with Crippen LogP contribution in [0.25, 0.3) is 0 Å². The van der Waals surface area contributed by atoms with Gasteiger partial charge in [-0.3, -0.25) is 4.21 Å². The predicted octanol–water partition coefficient (Wildman–Crippen LogP) is 2.91. The van der Waals surface area contributed by atoms with Crippen LogP contribution in [0.4, 0.5) is 4.39 Å². The molecule has 0 aliphatic rings. The molecule has 0 bridgehead atoms. The Labute approximate surface area is 108 Å². The molecule has 0 fully saturated rings. The summed E-state index contributed by atoms with van der Waals surface area (Å²) in [5.74, 6) is -0.148. The average Bonchev–Trinajstić information content (AvgIpc) is 2.77. The third-order valence-electron chi connectivity index (χ3n) is 2.66. The van der Waals surface area contributed by atoms with Crippen LogP contribution in [0.3, 0.4) is 0 Å². The largest absolute Gasteiger partial charge is 0.331 e. The van der Waals surface area contributed by atoms with E-state index in [0.29, 0.717) is 0 Å². The predicted molar refractivity (Wildman–Crippen MR) is 69.1 cm³/mol. The summed E-state index contributed by atoms with van der Waals surface area (Å²) in [4.78, 5) is 4.29. The van der Waals surface area contributed by atoms with Crippen LogP contribution in [-0.2, 0) is 16.6 Å². The van der Waals surface area contributed by atoms with Crippen molar-refractivity contribution in [2.24, 2.45) is 0 Å². The van der Waals surface area contributed by atoms with Gasteiger partial charge in [-0.15, -0.1) is 0 Å². The van der Waals surface area contributed by atoms with Gasteiger partial charge in [0.1, 0.15) is 5.82 Å². The summed E-state index contributed by atoms with van der Waals surface area (Å²) >= 11 is 0. The number of benzene rings is 1. The van der Waals surface area contributed by atoms with Crippen molar-refractivity contribution >= 4 is 10.8 Å². The molecule has 0 N–H and O–H groups in total. The summed E-state index contributed by atoms with van der Waals surface area (Å²) in [6.45, 7) is 4.05. The van der Waals surface area contributed by atoms with E-state index in [9.17, 15) is 8.60 Å². The third kappa shape index (κ3) is 2.67. The molecule has 3 nitrogen and oxygen atoms in total. The zero-order valence-electron chi connectivity index (χ0n) is 10.3. The van der Waals surface area contributed by atoms with E-state index in [1.165, 1.54) is 6.07 Å². The molecule has 1 unspecified atom stereocenters. The zero-order valence-corrected chi connectivity index (χ0v) is 11.2. The molecule has 0 aliphatic heterocycles. The lowest BCUT2D eigenvalue weighted by atomic mass is 10.3. The topological polar surface area (TPSA) is 34.9 Å². The minimum atomic E-state index is -1.39. The number of hydrogen-bond acceptors (Lipinski definition) is 2. The van der Waals surface area contributed by atoms with Gasteiger partial charge in [0.25, 0.3) is 0 Å². The fourth-order valence-corrected chi connectivity index (χ4v) is 2.91. The van der Waals surface area contributed by atoms with Gasteiger partial charge in [-0.25, -0.2) is 9.37 Å². The fraction of sp³-hybridized carbons (Fsp3) is 0.308. The van der Waals surface area contributed by atoms with Gasteiger partial charge < -0.3 is 4.57 Å². The van der Waals surface area contributed by atoms with Gasteiger partial charge >= 0.3 is 0 Å². The Hall–Kier alpha value is -1.49. The highest BCUT2D eigenvalue weighted by Crippen LogP contribution is 2.17. The average molecular weight is 266 g/mol. The molecule has 0 spiro atoms. The van der Waals surface area contributed by atoms with E-state index in [1.54, 1.807) is 30.7 Å². The molecule has 1 atom stereocenters. The molecule has 1 heterocycles. The molecule has 0 saturated heterocycles. The first-order valence-electron chi connectivity index (χ1n) is 5.73. The van der Waals surface area contributed by atoms with E-state index in [4.69, 9.17) is 0 Å². The number of rotatable bonds is 4. The van der Waals surface area contributed by atoms with Gasteiger partial charge in [0, 0.05) is 12.2 Å². The second-order valence-electron chi connectivity index (χ2n) is 4.31. The molecule has 5 heteroatoms. The Balaban J connectivity index is 2.22. The highest BCUT2D eigenvalue weighted by Gasteiger charge is 2.13. The number of aromatic nitrogens is 2. The van der Waals surface area contributed by atoms with E-state index in [0.717, 1.165) is 5.69 Å². The highest BCUT2D eigenvalue weighted by atomic mass is 32.2. The molecule has 96 valence electrons. The van der Waals surface area contributed by atoms with E-state index >= 15 is 0 Å². The second-order valence-corrected chi connectivity index (χ2v) is 5.73. The quantitative estimate of drug-likeness (QED) is 0.853. The van der Waals surface area contributed by atoms with Crippen LogP contribution in [0.1, 0.15) is 25.6 Å². The molecular formula is C13H15FN2OS. The van der Waals surface area contributed by atoms with Gasteiger partial charge in [0.2, 0.25) is 0 Å². The van der Waals surface area contributed by atoms with Crippen LogP contribution in [-0.4, -0.2) is 13.8 Å². The Bertz CT molecular complexity index is 566. The molecule has 18 heavy (non-hydrogen) atoms. The standard InChI is InChI=1S/C13H15FN2OS/c1-10(2)16-9-15-7-11(16)8-18(17)13-6-4-3-5-12(13)14/h3-7,9-10H,8H2,1-2H3. The van der Waals surface area contributed by atoms with Crippen LogP contribution in [0, 0.1) is 5.82 Å². The molecule has 2 rings (SSSR count). The molecule has 0 saturated carbocycles. The van der Waals surface area contributed by atoms with E-state index in [-0.39, 0.29) is 16.7 Å². The first kappa shape index (κ1) is 13.0. The maximum absolute atomic E-state index is 13.5. The van der Waals surface area contributed by atoms with E-state index < -0.39 is 16.6 Å². The SMILES string of the molecule is CC(C)n1cncc1CS(=O)c1ccccc1F. The molecule has 2 aromatic rings. The number of halogens is 1. The monoisotopic (exact) mass is 266 g/mol. The summed E-state index contributed by atoms with van der Waals surface area (Å²) in [6.07, 6.45) is 3.39. The van der Waals surface area contributed by atoms with Crippen LogP contribution >= 0.6 is 0 Å². The molecule has 0 amide bonds. The highest BCUT2D eigenvalue weighted by molar-refractivity contribution is 7.84. The summed E-state index contributed by atoms with van der Waals surface area (Å²) in [7, 11) is -1.39. The van der Waals surface area contributed by atoms with Crippen molar-refractivity contribution in [1.29, 1.82) is 0 Å². The van der Waals surface area contributed by atoms with Crippen molar-refractivity contribution in [1.82, 2.24) is 9.55 Å². The molecule has 0 radical (unpaired) electrons. The zero-order chi connectivity index (χ0) is 13.1. The normalized spacial score (nSPS) is 12.9. The molecule has 1 aromatic carbocycles. The molecule has 0 aliphatic carbocycles. The summed E-state index contributed by atoms with van der Waals surface area (Å²) < 4.78 is 27.6.